The zero-order valence-electron chi connectivity index (χ0n) is 11.4. The molecule has 0 bridgehead atoms. The Bertz CT molecular complexity index is 574. The summed E-state index contributed by atoms with van der Waals surface area (Å²) in [4.78, 5) is 7.04. The molecule has 0 radical (unpaired) electrons. The Balaban J connectivity index is 1.83. The monoisotopic (exact) mass is 324 g/mol. The van der Waals surface area contributed by atoms with Gasteiger partial charge in [0.25, 0.3) is 0 Å². The van der Waals surface area contributed by atoms with Crippen molar-refractivity contribution < 1.29 is 0 Å². The molecule has 0 spiro atoms. The fourth-order valence-corrected chi connectivity index (χ4v) is 5.16. The number of aromatic nitrogens is 1. The van der Waals surface area contributed by atoms with Gasteiger partial charge in [-0.05, 0) is 48.9 Å². The lowest BCUT2D eigenvalue weighted by Gasteiger charge is -2.15. The Morgan fingerprint density at radius 1 is 1.50 bits per heavy atom. The molecule has 3 heterocycles. The Kier molecular flexibility index (Phi) is 4.66. The van der Waals surface area contributed by atoms with E-state index in [2.05, 4.69) is 16.4 Å². The Hall–Kier alpha value is -0.550. The van der Waals surface area contributed by atoms with E-state index in [9.17, 15) is 0 Å². The Labute approximate surface area is 133 Å². The maximum atomic E-state index is 6.22. The van der Waals surface area contributed by atoms with Crippen LogP contribution in [0.25, 0.3) is 0 Å². The van der Waals surface area contributed by atoms with E-state index in [4.69, 9.17) is 11.6 Å². The summed E-state index contributed by atoms with van der Waals surface area (Å²) in [5.74, 6) is 2.42. The number of halogens is 1. The van der Waals surface area contributed by atoms with Gasteiger partial charge in [0, 0.05) is 33.9 Å². The predicted molar refractivity (Wildman–Crippen MR) is 88.9 cm³/mol. The fraction of sp³-hybridized carbons (Fsp3) is 0.400. The number of aryl methyl sites for hydroxylation is 1. The highest BCUT2D eigenvalue weighted by Gasteiger charge is 2.19. The molecule has 0 aromatic carbocycles. The molecule has 2 aromatic rings. The van der Waals surface area contributed by atoms with Crippen LogP contribution in [0.1, 0.15) is 26.9 Å². The van der Waals surface area contributed by atoms with E-state index in [0.717, 1.165) is 22.8 Å². The number of nitrogens with zero attached hydrogens (tertiary/aromatic N) is 1. The average molecular weight is 325 g/mol. The summed E-state index contributed by atoms with van der Waals surface area (Å²) in [6.07, 6.45) is 5.66. The van der Waals surface area contributed by atoms with Crippen LogP contribution in [0.5, 0.6) is 0 Å². The number of pyridine rings is 1. The molecule has 106 valence electrons. The highest BCUT2D eigenvalue weighted by molar-refractivity contribution is 7.98. The Morgan fingerprint density at radius 2 is 2.40 bits per heavy atom. The standard InChI is InChI=1S/C15H17ClN2S2/c1-17-13(6-10-2-4-18-8-12(10)16)15-7-11-9-19-5-3-14(11)20-15/h2,4,7-8,13,17H,3,5-6,9H2,1H3. The van der Waals surface area contributed by atoms with Crippen LogP contribution in [0.3, 0.4) is 0 Å². The van der Waals surface area contributed by atoms with Gasteiger partial charge in [-0.1, -0.05) is 11.6 Å². The van der Waals surface area contributed by atoms with Crippen molar-refractivity contribution in [3.8, 4) is 0 Å². The molecule has 1 aliphatic rings. The molecule has 2 nitrogen and oxygen atoms in total. The van der Waals surface area contributed by atoms with Gasteiger partial charge in [0.15, 0.2) is 0 Å². The summed E-state index contributed by atoms with van der Waals surface area (Å²) in [7, 11) is 2.02. The molecule has 20 heavy (non-hydrogen) atoms. The van der Waals surface area contributed by atoms with Crippen LogP contribution in [0, 0.1) is 0 Å². The molecule has 1 atom stereocenters. The molecule has 0 aliphatic carbocycles. The zero-order chi connectivity index (χ0) is 13.9. The van der Waals surface area contributed by atoms with Crippen molar-refractivity contribution in [1.29, 1.82) is 0 Å². The third-order valence-corrected chi connectivity index (χ3v) is 6.32. The molecule has 0 saturated heterocycles. The first-order valence-electron chi connectivity index (χ1n) is 6.73. The van der Waals surface area contributed by atoms with Gasteiger partial charge in [0.1, 0.15) is 0 Å². The maximum absolute atomic E-state index is 6.22. The lowest BCUT2D eigenvalue weighted by atomic mass is 10.1. The van der Waals surface area contributed by atoms with Crippen molar-refractivity contribution >= 4 is 34.7 Å². The third-order valence-electron chi connectivity index (χ3n) is 3.62. The van der Waals surface area contributed by atoms with Gasteiger partial charge in [0.2, 0.25) is 0 Å². The SMILES string of the molecule is CNC(Cc1ccncc1Cl)c1cc2c(s1)CCSC2. The number of hydrogen-bond acceptors (Lipinski definition) is 4. The molecule has 0 amide bonds. The number of rotatable bonds is 4. The molecule has 3 rings (SSSR count). The van der Waals surface area contributed by atoms with Gasteiger partial charge in [0.05, 0.1) is 5.02 Å². The number of thiophene rings is 1. The van der Waals surface area contributed by atoms with Crippen LogP contribution >= 0.6 is 34.7 Å². The van der Waals surface area contributed by atoms with Gasteiger partial charge in [-0.2, -0.15) is 11.8 Å². The second-order valence-corrected chi connectivity index (χ2v) is 7.59. The lowest BCUT2D eigenvalue weighted by Crippen LogP contribution is -2.17. The van der Waals surface area contributed by atoms with Gasteiger partial charge < -0.3 is 5.32 Å². The summed E-state index contributed by atoms with van der Waals surface area (Å²) in [6, 6.07) is 4.72. The first-order valence-corrected chi connectivity index (χ1v) is 9.07. The fourth-order valence-electron chi connectivity index (χ4n) is 2.48. The highest BCUT2D eigenvalue weighted by Crippen LogP contribution is 2.35. The van der Waals surface area contributed by atoms with Crippen molar-refractivity contribution in [3.05, 3.63) is 50.4 Å². The third kappa shape index (κ3) is 3.03. The first kappa shape index (κ1) is 14.4. The summed E-state index contributed by atoms with van der Waals surface area (Å²) in [5.41, 5.74) is 2.68. The minimum absolute atomic E-state index is 0.329. The highest BCUT2D eigenvalue weighted by atomic mass is 35.5. The summed E-state index contributed by atoms with van der Waals surface area (Å²) < 4.78 is 0. The van der Waals surface area contributed by atoms with Crippen LogP contribution in [0.15, 0.2) is 24.5 Å². The van der Waals surface area contributed by atoms with E-state index in [1.807, 2.05) is 42.4 Å². The Morgan fingerprint density at radius 3 is 3.15 bits per heavy atom. The first-order chi connectivity index (χ1) is 9.78. The molecule has 5 heteroatoms. The minimum atomic E-state index is 0.329. The normalized spacial score (nSPS) is 15.9. The minimum Gasteiger partial charge on any atom is -0.312 e. The molecular formula is C15H17ClN2S2. The van der Waals surface area contributed by atoms with Crippen molar-refractivity contribution in [1.82, 2.24) is 10.3 Å². The number of nitrogens with one attached hydrogen (secondary N) is 1. The van der Waals surface area contributed by atoms with Gasteiger partial charge in [-0.3, -0.25) is 4.98 Å². The van der Waals surface area contributed by atoms with Gasteiger partial charge in [-0.15, -0.1) is 11.3 Å². The van der Waals surface area contributed by atoms with E-state index in [1.54, 1.807) is 11.1 Å². The van der Waals surface area contributed by atoms with E-state index in [1.165, 1.54) is 22.6 Å². The van der Waals surface area contributed by atoms with Crippen molar-refractivity contribution in [2.75, 3.05) is 12.8 Å². The maximum Gasteiger partial charge on any atom is 0.0622 e. The smallest absolute Gasteiger partial charge is 0.0622 e. The largest absolute Gasteiger partial charge is 0.312 e. The molecule has 0 saturated carbocycles. The molecule has 1 unspecified atom stereocenters. The van der Waals surface area contributed by atoms with Crippen LogP contribution in [0.4, 0.5) is 0 Å². The molecule has 2 aromatic heterocycles. The number of likely N-dealkylation sites (N-methyl/N-ethyl adjacent to an activating group) is 1. The van der Waals surface area contributed by atoms with Crippen LogP contribution in [-0.4, -0.2) is 17.8 Å². The van der Waals surface area contributed by atoms with Crippen molar-refractivity contribution in [2.24, 2.45) is 0 Å². The number of thioether (sulfide) groups is 1. The number of hydrogen-bond donors (Lipinski definition) is 1. The summed E-state index contributed by atoms with van der Waals surface area (Å²) in [6.45, 7) is 0. The molecule has 0 fully saturated rings. The molecule has 1 N–H and O–H groups in total. The average Bonchev–Trinajstić information content (AvgIpc) is 2.90. The van der Waals surface area contributed by atoms with Gasteiger partial charge in [-0.25, -0.2) is 0 Å². The quantitative estimate of drug-likeness (QED) is 0.917. The van der Waals surface area contributed by atoms with Gasteiger partial charge >= 0.3 is 0 Å². The van der Waals surface area contributed by atoms with Crippen LogP contribution in [-0.2, 0) is 18.6 Å². The van der Waals surface area contributed by atoms with E-state index in [-0.39, 0.29) is 0 Å². The predicted octanol–water partition coefficient (Wildman–Crippen LogP) is 4.09. The van der Waals surface area contributed by atoms with E-state index in [0.29, 0.717) is 6.04 Å². The summed E-state index contributed by atoms with van der Waals surface area (Å²) >= 11 is 10.2. The topological polar surface area (TPSA) is 24.9 Å². The van der Waals surface area contributed by atoms with Crippen molar-refractivity contribution in [2.45, 2.75) is 24.6 Å². The second-order valence-electron chi connectivity index (χ2n) is 4.91. The van der Waals surface area contributed by atoms with Crippen LogP contribution in [0.2, 0.25) is 5.02 Å². The second kappa shape index (κ2) is 6.48. The van der Waals surface area contributed by atoms with E-state index >= 15 is 0 Å². The molecular weight excluding hydrogens is 308 g/mol. The van der Waals surface area contributed by atoms with Crippen LogP contribution < -0.4 is 5.32 Å². The zero-order valence-corrected chi connectivity index (χ0v) is 13.7. The van der Waals surface area contributed by atoms with Crippen molar-refractivity contribution in [3.63, 3.8) is 0 Å². The van der Waals surface area contributed by atoms with E-state index < -0.39 is 0 Å². The lowest BCUT2D eigenvalue weighted by molar-refractivity contribution is 0.601. The summed E-state index contributed by atoms with van der Waals surface area (Å²) in [5, 5.41) is 4.18. The number of fused-ring (bicyclic) bond motifs is 1. The molecule has 1 aliphatic heterocycles.